The van der Waals surface area contributed by atoms with Crippen molar-refractivity contribution in [3.05, 3.63) is 35.9 Å². The van der Waals surface area contributed by atoms with Crippen LogP contribution in [0.4, 0.5) is 5.69 Å². The van der Waals surface area contributed by atoms with Gasteiger partial charge in [-0.3, -0.25) is 9.10 Å². The zero-order chi connectivity index (χ0) is 17.8. The van der Waals surface area contributed by atoms with E-state index >= 15 is 0 Å². The maximum absolute atomic E-state index is 11.9. The molecule has 0 aliphatic carbocycles. The zero-order valence-corrected chi connectivity index (χ0v) is 15.4. The van der Waals surface area contributed by atoms with Crippen LogP contribution in [0.1, 0.15) is 39.2 Å². The Morgan fingerprint density at radius 2 is 1.92 bits per heavy atom. The number of amides is 1. The van der Waals surface area contributed by atoms with Crippen molar-refractivity contribution >= 4 is 27.7 Å². The van der Waals surface area contributed by atoms with E-state index in [1.165, 1.54) is 10.4 Å². The average molecular weight is 350 g/mol. The van der Waals surface area contributed by atoms with Gasteiger partial charge < -0.3 is 5.32 Å². The summed E-state index contributed by atoms with van der Waals surface area (Å²) in [6.45, 7) is 7.59. The second kappa shape index (κ2) is 7.38. The molecule has 0 aromatic heterocycles. The number of sulfonamides is 1. The van der Waals surface area contributed by atoms with E-state index < -0.39 is 10.0 Å². The molecule has 0 saturated carbocycles. The normalized spacial score (nSPS) is 17.4. The van der Waals surface area contributed by atoms with Crippen molar-refractivity contribution in [1.82, 2.24) is 5.32 Å². The van der Waals surface area contributed by atoms with Crippen molar-refractivity contribution in [3.8, 4) is 0 Å². The van der Waals surface area contributed by atoms with Gasteiger partial charge in [-0.1, -0.05) is 32.9 Å². The topological polar surface area (TPSA) is 66.5 Å². The maximum atomic E-state index is 11.9. The van der Waals surface area contributed by atoms with Gasteiger partial charge in [0.1, 0.15) is 0 Å². The van der Waals surface area contributed by atoms with Gasteiger partial charge in [0.05, 0.1) is 11.4 Å². The van der Waals surface area contributed by atoms with E-state index in [1.807, 2.05) is 12.1 Å². The van der Waals surface area contributed by atoms with E-state index in [1.54, 1.807) is 18.2 Å². The molecular weight excluding hydrogens is 324 g/mol. The monoisotopic (exact) mass is 350 g/mol. The summed E-state index contributed by atoms with van der Waals surface area (Å²) < 4.78 is 25.2. The largest absolute Gasteiger partial charge is 0.353 e. The molecule has 1 aliphatic heterocycles. The number of nitrogens with one attached hydrogen (secondary N) is 1. The molecular formula is C18H26N2O3S. The van der Waals surface area contributed by atoms with Crippen LogP contribution in [0.15, 0.2) is 30.3 Å². The molecule has 1 aromatic rings. The highest BCUT2D eigenvalue weighted by Crippen LogP contribution is 2.24. The number of benzene rings is 1. The first-order chi connectivity index (χ1) is 11.2. The first-order valence-corrected chi connectivity index (χ1v) is 9.85. The van der Waals surface area contributed by atoms with E-state index in [9.17, 15) is 13.2 Å². The average Bonchev–Trinajstić information content (AvgIpc) is 2.84. The molecule has 1 N–H and O–H groups in total. The minimum Gasteiger partial charge on any atom is -0.353 e. The molecule has 6 heteroatoms. The Morgan fingerprint density at radius 1 is 1.25 bits per heavy atom. The van der Waals surface area contributed by atoms with Crippen LogP contribution in [0.5, 0.6) is 0 Å². The third kappa shape index (κ3) is 5.37. The summed E-state index contributed by atoms with van der Waals surface area (Å²) in [5, 5.41) is 2.86. The fourth-order valence-electron chi connectivity index (χ4n) is 2.47. The van der Waals surface area contributed by atoms with Crippen LogP contribution in [0.2, 0.25) is 0 Å². The van der Waals surface area contributed by atoms with Gasteiger partial charge in [-0.2, -0.15) is 0 Å². The summed E-state index contributed by atoms with van der Waals surface area (Å²) >= 11 is 0. The smallest absolute Gasteiger partial charge is 0.243 e. The molecule has 1 aromatic carbocycles. The second-order valence-electron chi connectivity index (χ2n) is 7.27. The molecule has 132 valence electrons. The van der Waals surface area contributed by atoms with E-state index in [0.717, 1.165) is 12.0 Å². The number of nitrogens with zero attached hydrogens (tertiary/aromatic N) is 1. The predicted octanol–water partition coefficient (Wildman–Crippen LogP) is 2.79. The Bertz CT molecular complexity index is 701. The molecule has 0 unspecified atom stereocenters. The predicted molar refractivity (Wildman–Crippen MR) is 98.3 cm³/mol. The SMILES string of the molecule is CC(C)(C)CCNC(=O)/C=C/c1ccc(N2CCCS2(=O)=O)cc1. The van der Waals surface area contributed by atoms with Crippen molar-refractivity contribution in [2.24, 2.45) is 5.41 Å². The Labute approximate surface area is 144 Å². The summed E-state index contributed by atoms with van der Waals surface area (Å²) in [6, 6.07) is 7.20. The van der Waals surface area contributed by atoms with Gasteiger partial charge in [0.25, 0.3) is 0 Å². The van der Waals surface area contributed by atoms with Gasteiger partial charge in [0, 0.05) is 19.2 Å². The highest BCUT2D eigenvalue weighted by molar-refractivity contribution is 7.93. The lowest BCUT2D eigenvalue weighted by atomic mass is 9.92. The second-order valence-corrected chi connectivity index (χ2v) is 9.28. The molecule has 0 bridgehead atoms. The minimum atomic E-state index is -3.15. The van der Waals surface area contributed by atoms with Gasteiger partial charge >= 0.3 is 0 Å². The third-order valence-electron chi connectivity index (χ3n) is 3.88. The molecule has 1 heterocycles. The Hall–Kier alpha value is -1.82. The van der Waals surface area contributed by atoms with Gasteiger partial charge in [0.15, 0.2) is 0 Å². The van der Waals surface area contributed by atoms with E-state index in [-0.39, 0.29) is 17.1 Å². The fourth-order valence-corrected chi connectivity index (χ4v) is 4.04. The molecule has 1 saturated heterocycles. The van der Waals surface area contributed by atoms with Crippen molar-refractivity contribution in [1.29, 1.82) is 0 Å². The zero-order valence-electron chi connectivity index (χ0n) is 14.6. The summed E-state index contributed by atoms with van der Waals surface area (Å²) in [5.41, 5.74) is 1.74. The molecule has 1 aliphatic rings. The Balaban J connectivity index is 1.90. The number of hydrogen-bond donors (Lipinski definition) is 1. The van der Waals surface area contributed by atoms with Crippen molar-refractivity contribution in [3.63, 3.8) is 0 Å². The number of carbonyl (C=O) groups excluding carboxylic acids is 1. The third-order valence-corrected chi connectivity index (χ3v) is 5.75. The van der Waals surface area contributed by atoms with Gasteiger partial charge in [-0.25, -0.2) is 8.42 Å². The van der Waals surface area contributed by atoms with Gasteiger partial charge in [-0.15, -0.1) is 0 Å². The van der Waals surface area contributed by atoms with E-state index in [0.29, 0.717) is 25.2 Å². The Morgan fingerprint density at radius 3 is 2.46 bits per heavy atom. The van der Waals surface area contributed by atoms with E-state index in [4.69, 9.17) is 0 Å². The Kier molecular flexibility index (Phi) is 5.70. The van der Waals surface area contributed by atoms with Crippen LogP contribution < -0.4 is 9.62 Å². The van der Waals surface area contributed by atoms with E-state index in [2.05, 4.69) is 26.1 Å². The molecule has 1 fully saturated rings. The van der Waals surface area contributed by atoms with Crippen LogP contribution in [0, 0.1) is 5.41 Å². The van der Waals surface area contributed by atoms with Crippen LogP contribution in [0.25, 0.3) is 6.08 Å². The lowest BCUT2D eigenvalue weighted by molar-refractivity contribution is -0.116. The lowest BCUT2D eigenvalue weighted by Gasteiger charge is -2.17. The summed E-state index contributed by atoms with van der Waals surface area (Å²) in [6.07, 6.45) is 4.82. The van der Waals surface area contributed by atoms with Crippen LogP contribution in [-0.2, 0) is 14.8 Å². The molecule has 5 nitrogen and oxygen atoms in total. The molecule has 24 heavy (non-hydrogen) atoms. The first kappa shape index (κ1) is 18.5. The van der Waals surface area contributed by atoms with Gasteiger partial charge in [-0.05, 0) is 42.0 Å². The number of anilines is 1. The van der Waals surface area contributed by atoms with Crippen molar-refractivity contribution in [2.45, 2.75) is 33.6 Å². The standard InChI is InChI=1S/C18H26N2O3S/c1-18(2,3)11-12-19-17(21)10-7-15-5-8-16(9-6-15)20-13-4-14-24(20,22)23/h5-10H,4,11-14H2,1-3H3,(H,19,21)/b10-7+. The van der Waals surface area contributed by atoms with Crippen LogP contribution in [-0.4, -0.2) is 33.2 Å². The van der Waals surface area contributed by atoms with Crippen molar-refractivity contribution < 1.29 is 13.2 Å². The highest BCUT2D eigenvalue weighted by atomic mass is 32.2. The first-order valence-electron chi connectivity index (χ1n) is 8.24. The molecule has 0 radical (unpaired) electrons. The quantitative estimate of drug-likeness (QED) is 0.831. The molecule has 2 rings (SSSR count). The number of rotatable bonds is 5. The molecule has 0 atom stereocenters. The summed E-state index contributed by atoms with van der Waals surface area (Å²) in [7, 11) is -3.15. The number of carbonyl (C=O) groups is 1. The van der Waals surface area contributed by atoms with Crippen LogP contribution in [0.3, 0.4) is 0 Å². The summed E-state index contributed by atoms with van der Waals surface area (Å²) in [4.78, 5) is 11.8. The summed E-state index contributed by atoms with van der Waals surface area (Å²) in [5.74, 6) is 0.0917. The number of hydrogen-bond acceptors (Lipinski definition) is 3. The van der Waals surface area contributed by atoms with Gasteiger partial charge in [0.2, 0.25) is 15.9 Å². The van der Waals surface area contributed by atoms with Crippen LogP contribution >= 0.6 is 0 Å². The van der Waals surface area contributed by atoms with Crippen molar-refractivity contribution in [2.75, 3.05) is 23.1 Å². The lowest BCUT2D eigenvalue weighted by Crippen LogP contribution is -2.25. The highest BCUT2D eigenvalue weighted by Gasteiger charge is 2.28. The maximum Gasteiger partial charge on any atom is 0.243 e. The molecule has 0 spiro atoms. The molecule has 1 amide bonds. The minimum absolute atomic E-state index is 0.120. The fraction of sp³-hybridized carbons (Fsp3) is 0.500.